The molecule has 7 heteroatoms. The molecule has 1 aliphatic rings. The summed E-state index contributed by atoms with van der Waals surface area (Å²) in [5.74, 6) is 1.01. The van der Waals surface area contributed by atoms with Crippen LogP contribution in [0.4, 0.5) is 0 Å². The van der Waals surface area contributed by atoms with E-state index in [1.807, 2.05) is 35.4 Å². The first-order valence-electron chi connectivity index (χ1n) is 9.26. The van der Waals surface area contributed by atoms with E-state index < -0.39 is 0 Å². The van der Waals surface area contributed by atoms with Gasteiger partial charge in [-0.2, -0.15) is 0 Å². The van der Waals surface area contributed by atoms with E-state index in [0.29, 0.717) is 18.8 Å². The van der Waals surface area contributed by atoms with Gasteiger partial charge in [-0.15, -0.1) is 0 Å². The summed E-state index contributed by atoms with van der Waals surface area (Å²) in [7, 11) is 1.65. The zero-order chi connectivity index (χ0) is 19.3. The third kappa shape index (κ3) is 3.83. The molecule has 1 aliphatic heterocycles. The Morgan fingerprint density at radius 3 is 2.71 bits per heavy atom. The summed E-state index contributed by atoms with van der Waals surface area (Å²) in [6.07, 6.45) is 9.91. The number of carbonyl (C=O) groups is 1. The van der Waals surface area contributed by atoms with Crippen LogP contribution in [0.5, 0.6) is 5.75 Å². The van der Waals surface area contributed by atoms with Crippen molar-refractivity contribution in [2.45, 2.75) is 18.8 Å². The molecule has 1 amide bonds. The molecule has 0 spiro atoms. The molecule has 0 aliphatic carbocycles. The molecule has 0 N–H and O–H groups in total. The van der Waals surface area contributed by atoms with E-state index in [9.17, 15) is 4.79 Å². The lowest BCUT2D eigenvalue weighted by Gasteiger charge is -2.31. The second-order valence-electron chi connectivity index (χ2n) is 6.72. The Morgan fingerprint density at radius 1 is 1.11 bits per heavy atom. The summed E-state index contributed by atoms with van der Waals surface area (Å²) < 4.78 is 5.30. The lowest BCUT2D eigenvalue weighted by molar-refractivity contribution is 0.0705. The number of likely N-dealkylation sites (tertiary alicyclic amines) is 1. The van der Waals surface area contributed by atoms with Gasteiger partial charge in [-0.05, 0) is 25.0 Å². The lowest BCUT2D eigenvalue weighted by atomic mass is 9.93. The van der Waals surface area contributed by atoms with Crippen LogP contribution in [0.3, 0.4) is 0 Å². The van der Waals surface area contributed by atoms with Gasteiger partial charge in [0.2, 0.25) is 0 Å². The fraction of sp³-hybridized carbons (Fsp3) is 0.286. The van der Waals surface area contributed by atoms with Crippen LogP contribution in [0.25, 0.3) is 11.3 Å². The minimum Gasteiger partial charge on any atom is -0.497 e. The average Bonchev–Trinajstić information content (AvgIpc) is 2.79. The van der Waals surface area contributed by atoms with Crippen molar-refractivity contribution in [1.29, 1.82) is 0 Å². The molecule has 28 heavy (non-hydrogen) atoms. The number of piperidine rings is 1. The number of hydrogen-bond acceptors (Lipinski definition) is 6. The van der Waals surface area contributed by atoms with Gasteiger partial charge in [0.05, 0.1) is 30.9 Å². The van der Waals surface area contributed by atoms with Crippen molar-refractivity contribution < 1.29 is 9.53 Å². The lowest BCUT2D eigenvalue weighted by Crippen LogP contribution is -2.38. The van der Waals surface area contributed by atoms with Crippen LogP contribution in [-0.4, -0.2) is 50.9 Å². The largest absolute Gasteiger partial charge is 0.497 e. The maximum atomic E-state index is 12.5. The quantitative estimate of drug-likeness (QED) is 0.697. The summed E-state index contributed by atoms with van der Waals surface area (Å²) in [6, 6.07) is 7.80. The summed E-state index contributed by atoms with van der Waals surface area (Å²) in [5, 5.41) is 0. The normalized spacial score (nSPS) is 14.7. The van der Waals surface area contributed by atoms with Crippen molar-refractivity contribution in [3.63, 3.8) is 0 Å². The Hall–Kier alpha value is -3.35. The smallest absolute Gasteiger partial charge is 0.274 e. The molecular formula is C21H21N5O2. The number of benzene rings is 1. The number of methoxy groups -OCH3 is 1. The van der Waals surface area contributed by atoms with Crippen LogP contribution >= 0.6 is 0 Å². The van der Waals surface area contributed by atoms with Gasteiger partial charge in [0.1, 0.15) is 11.4 Å². The topological polar surface area (TPSA) is 81.1 Å². The summed E-state index contributed by atoms with van der Waals surface area (Å²) in [5.41, 5.74) is 3.16. The third-order valence-electron chi connectivity index (χ3n) is 5.00. The highest BCUT2D eigenvalue weighted by Crippen LogP contribution is 2.29. The second-order valence-corrected chi connectivity index (χ2v) is 6.72. The zero-order valence-electron chi connectivity index (χ0n) is 15.7. The molecule has 7 nitrogen and oxygen atoms in total. The highest BCUT2D eigenvalue weighted by atomic mass is 16.5. The summed E-state index contributed by atoms with van der Waals surface area (Å²) in [4.78, 5) is 31.7. The average molecular weight is 375 g/mol. The number of carbonyl (C=O) groups excluding carboxylic acids is 1. The predicted octanol–water partition coefficient (Wildman–Crippen LogP) is 2.96. The molecule has 1 fully saturated rings. The highest BCUT2D eigenvalue weighted by molar-refractivity contribution is 5.92. The number of amides is 1. The minimum absolute atomic E-state index is 0.0669. The molecular weight excluding hydrogens is 354 g/mol. The van der Waals surface area contributed by atoms with E-state index in [1.165, 1.54) is 6.20 Å². The Labute approximate surface area is 163 Å². The Balaban J connectivity index is 1.46. The predicted molar refractivity (Wildman–Crippen MR) is 104 cm³/mol. The Kier molecular flexibility index (Phi) is 5.23. The zero-order valence-corrected chi connectivity index (χ0v) is 15.7. The fourth-order valence-electron chi connectivity index (χ4n) is 3.45. The van der Waals surface area contributed by atoms with Crippen LogP contribution < -0.4 is 4.74 Å². The molecule has 2 aromatic heterocycles. The van der Waals surface area contributed by atoms with Crippen molar-refractivity contribution >= 4 is 5.91 Å². The van der Waals surface area contributed by atoms with Gasteiger partial charge < -0.3 is 9.64 Å². The number of nitrogens with zero attached hydrogens (tertiary/aromatic N) is 5. The second kappa shape index (κ2) is 8.12. The van der Waals surface area contributed by atoms with E-state index in [0.717, 1.165) is 35.5 Å². The van der Waals surface area contributed by atoms with Gasteiger partial charge in [0.25, 0.3) is 5.91 Å². The van der Waals surface area contributed by atoms with Gasteiger partial charge in [-0.25, -0.2) is 9.97 Å². The molecule has 0 saturated carbocycles. The van der Waals surface area contributed by atoms with Crippen molar-refractivity contribution in [3.05, 3.63) is 66.6 Å². The van der Waals surface area contributed by atoms with Crippen molar-refractivity contribution in [2.75, 3.05) is 20.2 Å². The molecule has 0 atom stereocenters. The number of hydrogen-bond donors (Lipinski definition) is 0. The molecule has 1 aromatic carbocycles. The SMILES string of the molecule is COc1cccc(-c2cncc(C3CCN(C(=O)c4cnccn4)CC3)n2)c1. The summed E-state index contributed by atoms with van der Waals surface area (Å²) in [6.45, 7) is 1.34. The molecule has 3 aromatic rings. The van der Waals surface area contributed by atoms with Crippen LogP contribution in [0.2, 0.25) is 0 Å². The maximum Gasteiger partial charge on any atom is 0.274 e. The van der Waals surface area contributed by atoms with E-state index in [-0.39, 0.29) is 11.8 Å². The molecule has 0 radical (unpaired) electrons. The molecule has 142 valence electrons. The fourth-order valence-corrected chi connectivity index (χ4v) is 3.45. The van der Waals surface area contributed by atoms with E-state index in [4.69, 9.17) is 9.72 Å². The molecule has 1 saturated heterocycles. The van der Waals surface area contributed by atoms with E-state index in [2.05, 4.69) is 15.0 Å². The van der Waals surface area contributed by atoms with Gasteiger partial charge in [-0.3, -0.25) is 14.8 Å². The first-order chi connectivity index (χ1) is 13.7. The van der Waals surface area contributed by atoms with Crippen molar-refractivity contribution in [2.24, 2.45) is 0 Å². The molecule has 0 unspecified atom stereocenters. The first-order valence-corrected chi connectivity index (χ1v) is 9.26. The third-order valence-corrected chi connectivity index (χ3v) is 5.00. The van der Waals surface area contributed by atoms with Crippen molar-refractivity contribution in [1.82, 2.24) is 24.8 Å². The van der Waals surface area contributed by atoms with Gasteiger partial charge in [0.15, 0.2) is 0 Å². The maximum absolute atomic E-state index is 12.5. The number of aromatic nitrogens is 4. The number of rotatable bonds is 4. The molecule has 4 rings (SSSR count). The number of ether oxygens (including phenoxy) is 1. The van der Waals surface area contributed by atoms with Crippen LogP contribution in [-0.2, 0) is 0 Å². The van der Waals surface area contributed by atoms with Gasteiger partial charge in [0, 0.05) is 43.2 Å². The van der Waals surface area contributed by atoms with Gasteiger partial charge >= 0.3 is 0 Å². The monoisotopic (exact) mass is 375 g/mol. The molecule has 3 heterocycles. The first kappa shape index (κ1) is 18.0. The minimum atomic E-state index is -0.0669. The molecule has 0 bridgehead atoms. The van der Waals surface area contributed by atoms with Crippen LogP contribution in [0.1, 0.15) is 34.9 Å². The van der Waals surface area contributed by atoms with Crippen LogP contribution in [0, 0.1) is 0 Å². The Bertz CT molecular complexity index is 956. The van der Waals surface area contributed by atoms with E-state index in [1.54, 1.807) is 25.7 Å². The summed E-state index contributed by atoms with van der Waals surface area (Å²) >= 11 is 0. The van der Waals surface area contributed by atoms with Crippen molar-refractivity contribution in [3.8, 4) is 17.0 Å². The van der Waals surface area contributed by atoms with Crippen LogP contribution in [0.15, 0.2) is 55.2 Å². The van der Waals surface area contributed by atoms with Gasteiger partial charge in [-0.1, -0.05) is 12.1 Å². The standard InChI is InChI=1S/C21H21N5O2/c1-28-17-4-2-3-16(11-17)19-13-23-12-18(25-19)15-5-9-26(10-6-15)21(27)20-14-22-7-8-24-20/h2-4,7-8,11-15H,5-6,9-10H2,1H3. The highest BCUT2D eigenvalue weighted by Gasteiger charge is 2.26. The Morgan fingerprint density at radius 2 is 1.96 bits per heavy atom. The van der Waals surface area contributed by atoms with E-state index >= 15 is 0 Å².